The van der Waals surface area contributed by atoms with Gasteiger partial charge in [0.15, 0.2) is 0 Å². The van der Waals surface area contributed by atoms with Crippen molar-refractivity contribution in [2.24, 2.45) is 5.73 Å². The molecule has 0 aliphatic rings. The van der Waals surface area contributed by atoms with E-state index in [1.54, 1.807) is 17.4 Å². The summed E-state index contributed by atoms with van der Waals surface area (Å²) in [7, 11) is 1.99. The second kappa shape index (κ2) is 6.48. The first-order chi connectivity index (χ1) is 9.11. The number of hydrogen-bond acceptors (Lipinski definition) is 3. The van der Waals surface area contributed by atoms with E-state index in [4.69, 9.17) is 17.3 Å². The molecule has 0 amide bonds. The van der Waals surface area contributed by atoms with Crippen LogP contribution in [0, 0.1) is 5.82 Å². The summed E-state index contributed by atoms with van der Waals surface area (Å²) < 4.78 is 13.5. The van der Waals surface area contributed by atoms with Gasteiger partial charge in [-0.3, -0.25) is 4.90 Å². The Hall–Kier alpha value is -0.940. The lowest BCUT2D eigenvalue weighted by molar-refractivity contribution is 0.241. The highest BCUT2D eigenvalue weighted by Gasteiger charge is 2.17. The second-order valence-corrected chi connectivity index (χ2v) is 5.66. The van der Waals surface area contributed by atoms with Gasteiger partial charge in [0, 0.05) is 19.1 Å². The van der Waals surface area contributed by atoms with Crippen LogP contribution >= 0.6 is 22.9 Å². The van der Waals surface area contributed by atoms with Crippen LogP contribution in [0.2, 0.25) is 5.02 Å². The molecule has 2 N–H and O–H groups in total. The number of benzene rings is 1. The number of nitrogens with two attached hydrogens (primary N) is 1. The topological polar surface area (TPSA) is 29.3 Å². The Morgan fingerprint density at radius 2 is 2.21 bits per heavy atom. The molecule has 0 saturated carbocycles. The minimum absolute atomic E-state index is 0.0216. The van der Waals surface area contributed by atoms with Gasteiger partial charge in [-0.15, -0.1) is 0 Å². The standard InChI is InChI=1S/C14H16ClFN2S/c1-18(8-10-4-5-19-9-10)14(7-17)11-2-3-12(15)13(16)6-11/h2-6,9,14H,7-8,17H2,1H3. The average molecular weight is 299 g/mol. The first-order valence-corrected chi connectivity index (χ1v) is 7.30. The van der Waals surface area contributed by atoms with Gasteiger partial charge in [-0.05, 0) is 47.1 Å². The zero-order valence-corrected chi connectivity index (χ0v) is 12.2. The van der Waals surface area contributed by atoms with Crippen LogP contribution in [0.1, 0.15) is 17.2 Å². The van der Waals surface area contributed by atoms with Gasteiger partial charge in [0.1, 0.15) is 5.82 Å². The van der Waals surface area contributed by atoms with Crippen molar-refractivity contribution in [3.8, 4) is 0 Å². The average Bonchev–Trinajstić information content (AvgIpc) is 2.87. The van der Waals surface area contributed by atoms with Crippen molar-refractivity contribution in [1.29, 1.82) is 0 Å². The third-order valence-corrected chi connectivity index (χ3v) is 4.13. The molecule has 1 aromatic heterocycles. The Morgan fingerprint density at radius 3 is 2.79 bits per heavy atom. The van der Waals surface area contributed by atoms with Gasteiger partial charge in [-0.25, -0.2) is 4.39 Å². The van der Waals surface area contributed by atoms with Crippen molar-refractivity contribution >= 4 is 22.9 Å². The molecule has 2 aromatic rings. The Morgan fingerprint density at radius 1 is 1.42 bits per heavy atom. The van der Waals surface area contributed by atoms with Crippen LogP contribution in [-0.2, 0) is 6.54 Å². The molecule has 0 saturated heterocycles. The van der Waals surface area contributed by atoms with Crippen LogP contribution in [0.25, 0.3) is 0 Å². The van der Waals surface area contributed by atoms with E-state index in [9.17, 15) is 4.39 Å². The van der Waals surface area contributed by atoms with E-state index in [0.717, 1.165) is 12.1 Å². The highest BCUT2D eigenvalue weighted by Crippen LogP contribution is 2.24. The fourth-order valence-electron chi connectivity index (χ4n) is 2.07. The molecule has 19 heavy (non-hydrogen) atoms. The number of halogens is 2. The summed E-state index contributed by atoms with van der Waals surface area (Å²) in [4.78, 5) is 2.12. The van der Waals surface area contributed by atoms with Gasteiger partial charge in [-0.2, -0.15) is 11.3 Å². The smallest absolute Gasteiger partial charge is 0.142 e. The summed E-state index contributed by atoms with van der Waals surface area (Å²) in [6.07, 6.45) is 0. The SMILES string of the molecule is CN(Cc1ccsc1)C(CN)c1ccc(Cl)c(F)c1. The summed E-state index contributed by atoms with van der Waals surface area (Å²) >= 11 is 7.37. The maximum absolute atomic E-state index is 13.5. The van der Waals surface area contributed by atoms with E-state index in [1.165, 1.54) is 11.6 Å². The molecule has 1 heterocycles. The highest BCUT2D eigenvalue weighted by molar-refractivity contribution is 7.07. The van der Waals surface area contributed by atoms with E-state index < -0.39 is 5.82 Å². The van der Waals surface area contributed by atoms with E-state index in [-0.39, 0.29) is 11.1 Å². The highest BCUT2D eigenvalue weighted by atomic mass is 35.5. The summed E-state index contributed by atoms with van der Waals surface area (Å²) in [5.41, 5.74) is 7.91. The van der Waals surface area contributed by atoms with Crippen LogP contribution in [0.15, 0.2) is 35.0 Å². The molecule has 2 nitrogen and oxygen atoms in total. The van der Waals surface area contributed by atoms with Gasteiger partial charge in [0.05, 0.1) is 5.02 Å². The van der Waals surface area contributed by atoms with Crippen LogP contribution in [0.3, 0.4) is 0 Å². The Labute approximate surface area is 121 Å². The lowest BCUT2D eigenvalue weighted by atomic mass is 10.1. The molecule has 1 atom stereocenters. The van der Waals surface area contributed by atoms with Crippen molar-refractivity contribution < 1.29 is 4.39 Å². The molecular formula is C14H16ClFN2S. The first-order valence-electron chi connectivity index (χ1n) is 5.98. The molecule has 0 fully saturated rings. The number of rotatable bonds is 5. The zero-order valence-electron chi connectivity index (χ0n) is 10.6. The normalized spacial score (nSPS) is 12.9. The molecule has 102 valence electrons. The van der Waals surface area contributed by atoms with Gasteiger partial charge in [0.2, 0.25) is 0 Å². The molecule has 0 bridgehead atoms. The van der Waals surface area contributed by atoms with Crippen LogP contribution in [0.5, 0.6) is 0 Å². The summed E-state index contributed by atoms with van der Waals surface area (Å²) in [5, 5.41) is 4.29. The summed E-state index contributed by atoms with van der Waals surface area (Å²) in [5.74, 6) is -0.401. The number of hydrogen-bond donors (Lipinski definition) is 1. The van der Waals surface area contributed by atoms with Gasteiger partial charge >= 0.3 is 0 Å². The molecule has 5 heteroatoms. The summed E-state index contributed by atoms with van der Waals surface area (Å²) in [6.45, 7) is 1.22. The Balaban J connectivity index is 2.16. The lowest BCUT2D eigenvalue weighted by Gasteiger charge is -2.27. The van der Waals surface area contributed by atoms with Gasteiger partial charge in [0.25, 0.3) is 0 Å². The second-order valence-electron chi connectivity index (χ2n) is 4.47. The molecule has 0 radical (unpaired) electrons. The molecule has 0 aliphatic carbocycles. The van der Waals surface area contributed by atoms with Crippen LogP contribution < -0.4 is 5.73 Å². The van der Waals surface area contributed by atoms with Crippen molar-refractivity contribution in [3.05, 3.63) is 57.0 Å². The predicted octanol–water partition coefficient (Wildman–Crippen LogP) is 3.67. The van der Waals surface area contributed by atoms with Crippen molar-refractivity contribution in [2.45, 2.75) is 12.6 Å². The fourth-order valence-corrected chi connectivity index (χ4v) is 2.85. The molecular weight excluding hydrogens is 283 g/mol. The van der Waals surface area contributed by atoms with Crippen LogP contribution in [0.4, 0.5) is 4.39 Å². The van der Waals surface area contributed by atoms with E-state index in [2.05, 4.69) is 16.3 Å². The maximum Gasteiger partial charge on any atom is 0.142 e. The van der Waals surface area contributed by atoms with Crippen molar-refractivity contribution in [2.75, 3.05) is 13.6 Å². The summed E-state index contributed by atoms with van der Waals surface area (Å²) in [6, 6.07) is 6.92. The molecule has 1 unspecified atom stereocenters. The number of likely N-dealkylation sites (N-methyl/N-ethyl adjacent to an activating group) is 1. The zero-order chi connectivity index (χ0) is 13.8. The van der Waals surface area contributed by atoms with E-state index >= 15 is 0 Å². The molecule has 0 aliphatic heterocycles. The fraction of sp³-hybridized carbons (Fsp3) is 0.286. The first kappa shape index (κ1) is 14.5. The largest absolute Gasteiger partial charge is 0.329 e. The van der Waals surface area contributed by atoms with Gasteiger partial charge < -0.3 is 5.73 Å². The third kappa shape index (κ3) is 3.54. The third-order valence-electron chi connectivity index (χ3n) is 3.10. The minimum atomic E-state index is -0.401. The Kier molecular flexibility index (Phi) is 4.93. The maximum atomic E-state index is 13.5. The number of nitrogens with zero attached hydrogens (tertiary/aromatic N) is 1. The number of thiophene rings is 1. The molecule has 1 aromatic carbocycles. The lowest BCUT2D eigenvalue weighted by Crippen LogP contribution is -2.30. The van der Waals surface area contributed by atoms with Crippen LogP contribution in [-0.4, -0.2) is 18.5 Å². The quantitative estimate of drug-likeness (QED) is 0.912. The van der Waals surface area contributed by atoms with E-state index in [0.29, 0.717) is 6.54 Å². The van der Waals surface area contributed by atoms with Crippen molar-refractivity contribution in [3.63, 3.8) is 0 Å². The molecule has 2 rings (SSSR count). The van der Waals surface area contributed by atoms with Crippen molar-refractivity contribution in [1.82, 2.24) is 4.90 Å². The Bertz CT molecular complexity index is 530. The monoisotopic (exact) mass is 298 g/mol. The van der Waals surface area contributed by atoms with E-state index in [1.807, 2.05) is 18.5 Å². The minimum Gasteiger partial charge on any atom is -0.329 e. The van der Waals surface area contributed by atoms with Gasteiger partial charge in [-0.1, -0.05) is 17.7 Å². The predicted molar refractivity (Wildman–Crippen MR) is 79.0 cm³/mol. The molecule has 0 spiro atoms.